The van der Waals surface area contributed by atoms with Crippen LogP contribution in [0.4, 0.5) is 5.95 Å². The van der Waals surface area contributed by atoms with E-state index in [1.165, 1.54) is 5.56 Å². The molecule has 3 aromatic rings. The molecule has 0 unspecified atom stereocenters. The van der Waals surface area contributed by atoms with Crippen molar-refractivity contribution in [3.63, 3.8) is 0 Å². The van der Waals surface area contributed by atoms with Crippen molar-refractivity contribution < 1.29 is 0 Å². The minimum atomic E-state index is 0.589. The summed E-state index contributed by atoms with van der Waals surface area (Å²) in [6.45, 7) is 2.08. The van der Waals surface area contributed by atoms with Crippen molar-refractivity contribution >= 4 is 28.7 Å². The van der Waals surface area contributed by atoms with Gasteiger partial charge in [0, 0.05) is 11.9 Å². The lowest BCUT2D eigenvalue weighted by Crippen LogP contribution is -1.97. The van der Waals surface area contributed by atoms with Gasteiger partial charge in [-0.3, -0.25) is 5.10 Å². The molecule has 0 radical (unpaired) electrons. The second-order valence-electron chi connectivity index (χ2n) is 4.15. The van der Waals surface area contributed by atoms with Crippen molar-refractivity contribution in [1.29, 1.82) is 0 Å². The Labute approximate surface area is 114 Å². The first-order valence-electron chi connectivity index (χ1n) is 5.89. The zero-order valence-electron chi connectivity index (χ0n) is 10.6. The highest BCUT2D eigenvalue weighted by Crippen LogP contribution is 2.31. The van der Waals surface area contributed by atoms with Gasteiger partial charge in [-0.05, 0) is 19.1 Å². The Morgan fingerprint density at radius 2 is 1.95 bits per heavy atom. The summed E-state index contributed by atoms with van der Waals surface area (Å²) in [5, 5.41) is 11.7. The van der Waals surface area contributed by atoms with Gasteiger partial charge in [-0.2, -0.15) is 10.1 Å². The van der Waals surface area contributed by atoms with E-state index in [4.69, 9.17) is 0 Å². The van der Waals surface area contributed by atoms with Crippen LogP contribution in [0.15, 0.2) is 40.4 Å². The number of aromatic nitrogens is 4. The Bertz CT molecular complexity index is 705. The smallest absolute Gasteiger partial charge is 0.225 e. The highest BCUT2D eigenvalue weighted by Gasteiger charge is 2.10. The molecule has 0 aliphatic carbocycles. The van der Waals surface area contributed by atoms with Crippen LogP contribution in [-0.2, 0) is 0 Å². The molecule has 19 heavy (non-hydrogen) atoms. The third-order valence-electron chi connectivity index (χ3n) is 2.73. The van der Waals surface area contributed by atoms with Crippen LogP contribution in [0, 0.1) is 6.92 Å². The van der Waals surface area contributed by atoms with Crippen LogP contribution in [-0.4, -0.2) is 27.2 Å². The largest absolute Gasteiger partial charge is 0.357 e. The number of H-pyrrole nitrogens is 1. The second-order valence-corrected chi connectivity index (χ2v) is 5.21. The molecule has 0 aliphatic rings. The van der Waals surface area contributed by atoms with Gasteiger partial charge in [0.1, 0.15) is 5.03 Å². The van der Waals surface area contributed by atoms with E-state index in [1.807, 2.05) is 0 Å². The number of hydrogen-bond donors (Lipinski definition) is 2. The molecule has 0 saturated carbocycles. The summed E-state index contributed by atoms with van der Waals surface area (Å²) >= 11 is 1.61. The molecule has 0 atom stereocenters. The van der Waals surface area contributed by atoms with Crippen LogP contribution >= 0.6 is 11.8 Å². The average Bonchev–Trinajstić information content (AvgIpc) is 2.89. The Morgan fingerprint density at radius 3 is 2.68 bits per heavy atom. The van der Waals surface area contributed by atoms with E-state index < -0.39 is 0 Å². The summed E-state index contributed by atoms with van der Waals surface area (Å²) in [5.74, 6) is 0.589. The summed E-state index contributed by atoms with van der Waals surface area (Å²) in [6.07, 6.45) is 1.76. The van der Waals surface area contributed by atoms with E-state index in [1.54, 1.807) is 25.0 Å². The Morgan fingerprint density at radius 1 is 1.16 bits per heavy atom. The summed E-state index contributed by atoms with van der Waals surface area (Å²) in [5.41, 5.74) is 1.99. The standard InChI is InChI=1S/C13H13N5S/c1-8-3-5-9(6-4-8)19-12-10-7-15-18-11(10)16-13(14-2)17-12/h3-7H,1-2H3,(H2,14,15,16,17,18). The third kappa shape index (κ3) is 2.39. The first-order chi connectivity index (χ1) is 9.26. The molecular formula is C13H13N5S. The van der Waals surface area contributed by atoms with Crippen LogP contribution in [0.5, 0.6) is 0 Å². The number of fused-ring (bicyclic) bond motifs is 1. The number of nitrogens with zero attached hydrogens (tertiary/aromatic N) is 3. The van der Waals surface area contributed by atoms with Gasteiger partial charge in [-0.15, -0.1) is 0 Å². The third-order valence-corrected chi connectivity index (χ3v) is 3.75. The summed E-state index contributed by atoms with van der Waals surface area (Å²) < 4.78 is 0. The van der Waals surface area contributed by atoms with E-state index in [0.717, 1.165) is 21.0 Å². The van der Waals surface area contributed by atoms with Crippen molar-refractivity contribution in [2.24, 2.45) is 0 Å². The average molecular weight is 271 g/mol. The van der Waals surface area contributed by atoms with E-state index >= 15 is 0 Å². The molecule has 1 aromatic carbocycles. The van der Waals surface area contributed by atoms with Crippen molar-refractivity contribution in [3.8, 4) is 0 Å². The van der Waals surface area contributed by atoms with E-state index in [9.17, 15) is 0 Å². The molecule has 2 heterocycles. The molecule has 2 aromatic heterocycles. The first kappa shape index (κ1) is 12.0. The van der Waals surface area contributed by atoms with Crippen molar-refractivity contribution in [2.75, 3.05) is 12.4 Å². The number of benzene rings is 1. The van der Waals surface area contributed by atoms with Crippen LogP contribution in [0.25, 0.3) is 11.0 Å². The topological polar surface area (TPSA) is 66.5 Å². The van der Waals surface area contributed by atoms with E-state index in [-0.39, 0.29) is 0 Å². The Kier molecular flexibility index (Phi) is 3.08. The maximum absolute atomic E-state index is 4.49. The minimum Gasteiger partial charge on any atom is -0.357 e. The summed E-state index contributed by atoms with van der Waals surface area (Å²) in [4.78, 5) is 9.95. The van der Waals surface area contributed by atoms with E-state index in [0.29, 0.717) is 5.95 Å². The molecule has 0 bridgehead atoms. The van der Waals surface area contributed by atoms with Crippen LogP contribution < -0.4 is 5.32 Å². The highest BCUT2D eigenvalue weighted by molar-refractivity contribution is 7.99. The summed E-state index contributed by atoms with van der Waals surface area (Å²) in [7, 11) is 1.80. The number of aryl methyl sites for hydroxylation is 1. The molecule has 2 N–H and O–H groups in total. The molecule has 0 spiro atoms. The minimum absolute atomic E-state index is 0.589. The monoisotopic (exact) mass is 271 g/mol. The van der Waals surface area contributed by atoms with Gasteiger partial charge in [0.05, 0.1) is 11.6 Å². The van der Waals surface area contributed by atoms with Crippen LogP contribution in [0.1, 0.15) is 5.56 Å². The number of nitrogens with one attached hydrogen (secondary N) is 2. The van der Waals surface area contributed by atoms with Crippen LogP contribution in [0.3, 0.4) is 0 Å². The zero-order valence-corrected chi connectivity index (χ0v) is 11.5. The fraction of sp³-hybridized carbons (Fsp3) is 0.154. The quantitative estimate of drug-likeness (QED) is 0.717. The molecule has 5 nitrogen and oxygen atoms in total. The highest BCUT2D eigenvalue weighted by atomic mass is 32.2. The molecule has 0 fully saturated rings. The van der Waals surface area contributed by atoms with Gasteiger partial charge in [0.2, 0.25) is 5.95 Å². The maximum atomic E-state index is 4.49. The lowest BCUT2D eigenvalue weighted by molar-refractivity contribution is 1.06. The van der Waals surface area contributed by atoms with Gasteiger partial charge < -0.3 is 5.32 Å². The normalized spacial score (nSPS) is 10.8. The molecular weight excluding hydrogens is 258 g/mol. The zero-order chi connectivity index (χ0) is 13.2. The van der Waals surface area contributed by atoms with Crippen LogP contribution in [0.2, 0.25) is 0 Å². The van der Waals surface area contributed by atoms with Crippen molar-refractivity contribution in [3.05, 3.63) is 36.0 Å². The fourth-order valence-corrected chi connectivity index (χ4v) is 2.60. The van der Waals surface area contributed by atoms with E-state index in [2.05, 4.69) is 56.7 Å². The second kappa shape index (κ2) is 4.89. The number of hydrogen-bond acceptors (Lipinski definition) is 5. The molecule has 0 saturated heterocycles. The van der Waals surface area contributed by atoms with Gasteiger partial charge in [-0.1, -0.05) is 29.5 Å². The van der Waals surface area contributed by atoms with Gasteiger partial charge >= 0.3 is 0 Å². The maximum Gasteiger partial charge on any atom is 0.225 e. The number of aromatic amines is 1. The van der Waals surface area contributed by atoms with Crippen molar-refractivity contribution in [1.82, 2.24) is 20.2 Å². The number of rotatable bonds is 3. The molecule has 96 valence electrons. The van der Waals surface area contributed by atoms with Crippen molar-refractivity contribution in [2.45, 2.75) is 16.8 Å². The first-order valence-corrected chi connectivity index (χ1v) is 6.71. The van der Waals surface area contributed by atoms with Gasteiger partial charge in [-0.25, -0.2) is 4.98 Å². The Hall–Kier alpha value is -2.08. The molecule has 0 amide bonds. The lowest BCUT2D eigenvalue weighted by Gasteiger charge is -2.05. The summed E-state index contributed by atoms with van der Waals surface area (Å²) in [6, 6.07) is 8.37. The lowest BCUT2D eigenvalue weighted by atomic mass is 10.2. The Balaban J connectivity index is 2.03. The number of anilines is 1. The van der Waals surface area contributed by atoms with Gasteiger partial charge in [0.25, 0.3) is 0 Å². The SMILES string of the molecule is CNc1nc(Sc2ccc(C)cc2)c2cn[nH]c2n1. The predicted octanol–water partition coefficient (Wildman–Crippen LogP) is 2.85. The molecule has 3 rings (SSSR count). The predicted molar refractivity (Wildman–Crippen MR) is 76.5 cm³/mol. The molecule has 6 heteroatoms. The fourth-order valence-electron chi connectivity index (χ4n) is 1.72. The molecule has 0 aliphatic heterocycles. The van der Waals surface area contributed by atoms with Gasteiger partial charge in [0.15, 0.2) is 5.65 Å².